The second kappa shape index (κ2) is 7.96. The maximum absolute atomic E-state index is 3.57. The zero-order valence-electron chi connectivity index (χ0n) is 15.7. The second-order valence-corrected chi connectivity index (χ2v) is 7.39. The van der Waals surface area contributed by atoms with E-state index < -0.39 is 0 Å². The van der Waals surface area contributed by atoms with Crippen LogP contribution in [0.4, 0.5) is 11.4 Å². The lowest BCUT2D eigenvalue weighted by molar-refractivity contribution is 0.641. The van der Waals surface area contributed by atoms with Crippen LogP contribution >= 0.6 is 0 Å². The Labute approximate surface area is 156 Å². The standard InChI is InChI=1S/C23H29N3/c1-2-12-24-13-4-7-19-16-25-23-15-21(10-11-22(19)23)26-20-9-8-17-5-3-6-18(17)14-20/h8-11,14-16,24-26H,2-7,12-13H2,1H3. The van der Waals surface area contributed by atoms with Gasteiger partial charge < -0.3 is 15.6 Å². The average molecular weight is 348 g/mol. The summed E-state index contributed by atoms with van der Waals surface area (Å²) in [6.45, 7) is 4.42. The fourth-order valence-electron chi connectivity index (χ4n) is 3.99. The minimum absolute atomic E-state index is 1.10. The Kier molecular flexibility index (Phi) is 5.26. The van der Waals surface area contributed by atoms with E-state index in [9.17, 15) is 0 Å². The van der Waals surface area contributed by atoms with Gasteiger partial charge >= 0.3 is 0 Å². The lowest BCUT2D eigenvalue weighted by atomic mass is 10.1. The first-order chi connectivity index (χ1) is 12.8. The molecule has 0 radical (unpaired) electrons. The van der Waals surface area contributed by atoms with Crippen LogP contribution in [-0.2, 0) is 19.3 Å². The van der Waals surface area contributed by atoms with Crippen molar-refractivity contribution in [2.45, 2.75) is 45.4 Å². The monoisotopic (exact) mass is 347 g/mol. The van der Waals surface area contributed by atoms with Crippen LogP contribution in [0.5, 0.6) is 0 Å². The molecule has 1 aliphatic carbocycles. The lowest BCUT2D eigenvalue weighted by Gasteiger charge is -2.09. The Morgan fingerprint density at radius 3 is 2.73 bits per heavy atom. The van der Waals surface area contributed by atoms with Crippen molar-refractivity contribution in [3.05, 3.63) is 59.3 Å². The van der Waals surface area contributed by atoms with E-state index in [1.165, 1.54) is 65.4 Å². The molecular weight excluding hydrogens is 318 g/mol. The molecule has 3 nitrogen and oxygen atoms in total. The minimum atomic E-state index is 1.10. The van der Waals surface area contributed by atoms with Crippen molar-refractivity contribution >= 4 is 22.3 Å². The molecule has 4 rings (SSSR count). The molecule has 0 saturated carbocycles. The number of anilines is 2. The number of aryl methyl sites for hydroxylation is 3. The first kappa shape index (κ1) is 17.2. The molecule has 0 saturated heterocycles. The highest BCUT2D eigenvalue weighted by Gasteiger charge is 2.11. The van der Waals surface area contributed by atoms with Gasteiger partial charge in [-0.3, -0.25) is 0 Å². The second-order valence-electron chi connectivity index (χ2n) is 7.39. The molecule has 2 aromatic carbocycles. The molecule has 3 N–H and O–H groups in total. The summed E-state index contributed by atoms with van der Waals surface area (Å²) in [4.78, 5) is 3.45. The van der Waals surface area contributed by atoms with Gasteiger partial charge in [0, 0.05) is 28.5 Å². The van der Waals surface area contributed by atoms with Crippen LogP contribution in [0.25, 0.3) is 10.9 Å². The molecule has 1 aliphatic rings. The van der Waals surface area contributed by atoms with Crippen LogP contribution in [0.3, 0.4) is 0 Å². The van der Waals surface area contributed by atoms with Crippen LogP contribution in [0, 0.1) is 0 Å². The van der Waals surface area contributed by atoms with Gasteiger partial charge in [-0.25, -0.2) is 0 Å². The molecule has 0 aliphatic heterocycles. The maximum atomic E-state index is 3.57. The molecule has 0 atom stereocenters. The predicted molar refractivity (Wildman–Crippen MR) is 112 cm³/mol. The van der Waals surface area contributed by atoms with Gasteiger partial charge in [0.25, 0.3) is 0 Å². The van der Waals surface area contributed by atoms with E-state index in [2.05, 4.69) is 65.1 Å². The molecule has 26 heavy (non-hydrogen) atoms. The summed E-state index contributed by atoms with van der Waals surface area (Å²) < 4.78 is 0. The molecular formula is C23H29N3. The van der Waals surface area contributed by atoms with E-state index in [-0.39, 0.29) is 0 Å². The number of H-pyrrole nitrogens is 1. The number of hydrogen-bond donors (Lipinski definition) is 3. The molecule has 136 valence electrons. The van der Waals surface area contributed by atoms with Crippen molar-refractivity contribution in [3.63, 3.8) is 0 Å². The van der Waals surface area contributed by atoms with Gasteiger partial charge in [0.05, 0.1) is 0 Å². The summed E-state index contributed by atoms with van der Waals surface area (Å²) in [5.41, 5.74) is 8.01. The quantitative estimate of drug-likeness (QED) is 0.482. The topological polar surface area (TPSA) is 39.9 Å². The number of rotatable bonds is 8. The summed E-state index contributed by atoms with van der Waals surface area (Å²) in [6.07, 6.45) is 9.43. The van der Waals surface area contributed by atoms with Crippen LogP contribution in [0.2, 0.25) is 0 Å². The fraction of sp³-hybridized carbons (Fsp3) is 0.391. The predicted octanol–water partition coefficient (Wildman–Crippen LogP) is 5.33. The normalized spacial score (nSPS) is 13.3. The molecule has 0 unspecified atom stereocenters. The zero-order chi connectivity index (χ0) is 17.8. The van der Waals surface area contributed by atoms with E-state index in [1.54, 1.807) is 0 Å². The summed E-state index contributed by atoms with van der Waals surface area (Å²) in [7, 11) is 0. The largest absolute Gasteiger partial charge is 0.361 e. The van der Waals surface area contributed by atoms with Gasteiger partial charge in [0.1, 0.15) is 0 Å². The highest BCUT2D eigenvalue weighted by molar-refractivity contribution is 5.87. The zero-order valence-corrected chi connectivity index (χ0v) is 15.7. The molecule has 0 amide bonds. The summed E-state index contributed by atoms with van der Waals surface area (Å²) >= 11 is 0. The van der Waals surface area contributed by atoms with E-state index >= 15 is 0 Å². The smallest absolute Gasteiger partial charge is 0.0477 e. The van der Waals surface area contributed by atoms with Crippen molar-refractivity contribution in [3.8, 4) is 0 Å². The third-order valence-corrected chi connectivity index (χ3v) is 5.38. The van der Waals surface area contributed by atoms with E-state index in [1.807, 2.05) is 0 Å². The van der Waals surface area contributed by atoms with Crippen LogP contribution in [0.1, 0.15) is 42.9 Å². The van der Waals surface area contributed by atoms with Crippen LogP contribution in [0.15, 0.2) is 42.6 Å². The van der Waals surface area contributed by atoms with Gasteiger partial charge in [-0.05, 0) is 92.6 Å². The van der Waals surface area contributed by atoms with E-state index in [4.69, 9.17) is 0 Å². The van der Waals surface area contributed by atoms with Crippen molar-refractivity contribution in [2.24, 2.45) is 0 Å². The first-order valence-electron chi connectivity index (χ1n) is 10.0. The molecule has 3 aromatic rings. The Balaban J connectivity index is 1.43. The highest BCUT2D eigenvalue weighted by atomic mass is 14.9. The number of hydrogen-bond acceptors (Lipinski definition) is 2. The third kappa shape index (κ3) is 3.78. The summed E-state index contributed by atoms with van der Waals surface area (Å²) in [5.74, 6) is 0. The van der Waals surface area contributed by atoms with Gasteiger partial charge in [0.2, 0.25) is 0 Å². The van der Waals surface area contributed by atoms with Crippen LogP contribution < -0.4 is 10.6 Å². The van der Waals surface area contributed by atoms with Crippen molar-refractivity contribution in [2.75, 3.05) is 18.4 Å². The van der Waals surface area contributed by atoms with Crippen LogP contribution in [-0.4, -0.2) is 18.1 Å². The Bertz CT molecular complexity index is 878. The number of nitrogens with one attached hydrogen (secondary N) is 3. The summed E-state index contributed by atoms with van der Waals surface area (Å²) in [5, 5.41) is 8.40. The van der Waals surface area contributed by atoms with Gasteiger partial charge in [0.15, 0.2) is 0 Å². The highest BCUT2D eigenvalue weighted by Crippen LogP contribution is 2.28. The van der Waals surface area contributed by atoms with Gasteiger partial charge in [-0.1, -0.05) is 19.1 Å². The summed E-state index contributed by atoms with van der Waals surface area (Å²) in [6, 6.07) is 13.5. The van der Waals surface area contributed by atoms with Crippen molar-refractivity contribution in [1.82, 2.24) is 10.3 Å². The van der Waals surface area contributed by atoms with Gasteiger partial charge in [-0.2, -0.15) is 0 Å². The third-order valence-electron chi connectivity index (χ3n) is 5.38. The molecule has 3 heteroatoms. The average Bonchev–Trinajstić information content (AvgIpc) is 3.28. The molecule has 0 spiro atoms. The Morgan fingerprint density at radius 1 is 0.962 bits per heavy atom. The maximum Gasteiger partial charge on any atom is 0.0477 e. The van der Waals surface area contributed by atoms with Crippen molar-refractivity contribution < 1.29 is 0 Å². The Hall–Kier alpha value is -2.26. The minimum Gasteiger partial charge on any atom is -0.361 e. The molecule has 0 fully saturated rings. The SMILES string of the molecule is CCCNCCCc1c[nH]c2cc(Nc3ccc4c(c3)CCC4)ccc12. The first-order valence-corrected chi connectivity index (χ1v) is 10.0. The van der Waals surface area contributed by atoms with E-state index in [0.717, 1.165) is 25.2 Å². The van der Waals surface area contributed by atoms with Gasteiger partial charge in [-0.15, -0.1) is 0 Å². The molecule has 1 aromatic heterocycles. The fourth-order valence-corrected chi connectivity index (χ4v) is 3.99. The van der Waals surface area contributed by atoms with Crippen molar-refractivity contribution in [1.29, 1.82) is 0 Å². The number of fused-ring (bicyclic) bond motifs is 2. The lowest BCUT2D eigenvalue weighted by Crippen LogP contribution is -2.16. The number of benzene rings is 2. The number of aromatic amines is 1. The molecule has 0 bridgehead atoms. The van der Waals surface area contributed by atoms with E-state index in [0.29, 0.717) is 0 Å². The number of aromatic nitrogens is 1. The molecule has 1 heterocycles. The Morgan fingerprint density at radius 2 is 1.81 bits per heavy atom.